The van der Waals surface area contributed by atoms with Crippen LogP contribution in [0.3, 0.4) is 0 Å². The Morgan fingerprint density at radius 1 is 1.39 bits per heavy atom. The van der Waals surface area contributed by atoms with E-state index in [0.29, 0.717) is 17.4 Å². The van der Waals surface area contributed by atoms with Crippen molar-refractivity contribution in [3.63, 3.8) is 0 Å². The van der Waals surface area contributed by atoms with E-state index in [0.717, 1.165) is 14.5 Å². The van der Waals surface area contributed by atoms with E-state index in [4.69, 9.17) is 6.15 Å². The van der Waals surface area contributed by atoms with Gasteiger partial charge in [0.1, 0.15) is 12.3 Å². The number of aryl methyl sites for hydroxylation is 1. The summed E-state index contributed by atoms with van der Waals surface area (Å²) in [6.45, 7) is 6.16. The van der Waals surface area contributed by atoms with Crippen molar-refractivity contribution in [3.05, 3.63) is 34.8 Å². The molecule has 0 fully saturated rings. The van der Waals surface area contributed by atoms with Gasteiger partial charge < -0.3 is 9.30 Å². The molecule has 3 aromatic heterocycles. The Bertz CT molecular complexity index is 913. The third-order valence-electron chi connectivity index (χ3n) is 3.29. The van der Waals surface area contributed by atoms with Crippen molar-refractivity contribution in [1.82, 2.24) is 39.5 Å². The highest BCUT2D eigenvalue weighted by molar-refractivity contribution is 5.29. The van der Waals surface area contributed by atoms with E-state index < -0.39 is 5.69 Å². The fraction of sp³-hybridized carbons (Fsp3) is 0.462. The van der Waals surface area contributed by atoms with Crippen molar-refractivity contribution in [3.8, 4) is 11.7 Å². The van der Waals surface area contributed by atoms with Gasteiger partial charge in [0.25, 0.3) is 0 Å². The predicted octanol–water partition coefficient (Wildman–Crippen LogP) is 0.220. The first-order valence-electron chi connectivity index (χ1n) is 7.46. The Morgan fingerprint density at radius 3 is 2.74 bits per heavy atom. The highest BCUT2D eigenvalue weighted by Gasteiger charge is 2.24. The van der Waals surface area contributed by atoms with Crippen LogP contribution in [0.5, 0.6) is 5.88 Å². The van der Waals surface area contributed by atoms with E-state index in [1.165, 1.54) is 13.2 Å². The molecule has 23 heavy (non-hydrogen) atoms. The molecule has 0 amide bonds. The zero-order valence-electron chi connectivity index (χ0n) is 14.3. The fourth-order valence-corrected chi connectivity index (χ4v) is 2.14. The van der Waals surface area contributed by atoms with Gasteiger partial charge in [-0.1, -0.05) is 0 Å². The number of hydrogen-bond acceptors (Lipinski definition) is 6. The highest BCUT2D eigenvalue weighted by Crippen LogP contribution is 2.22. The molecule has 3 rings (SSSR count). The number of tetrazole rings is 1. The van der Waals surface area contributed by atoms with Crippen LogP contribution < -0.4 is 10.4 Å². The van der Waals surface area contributed by atoms with Gasteiger partial charge in [0, 0.05) is 24.8 Å². The van der Waals surface area contributed by atoms with Crippen molar-refractivity contribution >= 4 is 0 Å². The molecule has 1 N–H and O–H groups in total. The molecule has 0 bridgehead atoms. The molecule has 0 radical (unpaired) electrons. The van der Waals surface area contributed by atoms with Gasteiger partial charge in [-0.3, -0.25) is 5.09 Å². The van der Waals surface area contributed by atoms with Gasteiger partial charge in [-0.2, -0.15) is 4.68 Å². The van der Waals surface area contributed by atoms with Gasteiger partial charge in [0.05, 0.1) is 6.33 Å². The maximum atomic E-state index is 12.1. The molecule has 10 nitrogen and oxygen atoms in total. The Labute approximate surface area is 133 Å². The first kappa shape index (κ1) is 13.7. The van der Waals surface area contributed by atoms with Crippen LogP contribution in [-0.4, -0.2) is 39.5 Å². The van der Waals surface area contributed by atoms with Crippen molar-refractivity contribution in [2.45, 2.75) is 32.9 Å². The van der Waals surface area contributed by atoms with Crippen molar-refractivity contribution in [2.75, 3.05) is 0 Å². The normalized spacial score (nSPS) is 12.4. The second-order valence-electron chi connectivity index (χ2n) is 6.01. The smallest absolute Gasteiger partial charge is 0.369 e. The quantitative estimate of drug-likeness (QED) is 0.736. The third kappa shape index (κ3) is 2.74. The van der Waals surface area contributed by atoms with Gasteiger partial charge >= 0.3 is 5.69 Å². The Hall–Kier alpha value is -2.91. The van der Waals surface area contributed by atoms with Crippen LogP contribution in [0.25, 0.3) is 5.82 Å². The molecule has 0 aliphatic rings. The lowest BCUT2D eigenvalue weighted by atomic mass is 10.1. The lowest BCUT2D eigenvalue weighted by Crippen LogP contribution is -2.27. The maximum absolute atomic E-state index is 12.1. The minimum absolute atomic E-state index is 0.118. The predicted molar refractivity (Wildman–Crippen MR) is 80.3 cm³/mol. The number of ether oxygens (including phenoxy) is 1. The SMILES string of the molecule is [3H]n1ccc(OCc2c(-n3nnn(C)c3=O)ncn2C(C)(C)C)n1. The number of aromatic amines is 1. The Kier molecular flexibility index (Phi) is 3.21. The van der Waals surface area contributed by atoms with Crippen LogP contribution in [0.4, 0.5) is 0 Å². The highest BCUT2D eigenvalue weighted by atomic mass is 16.5. The fourth-order valence-electron chi connectivity index (χ4n) is 2.14. The second-order valence-corrected chi connectivity index (χ2v) is 6.01. The maximum Gasteiger partial charge on any atom is 0.369 e. The summed E-state index contributed by atoms with van der Waals surface area (Å²) in [5, 5.41) is 12.3. The lowest BCUT2D eigenvalue weighted by Gasteiger charge is -2.23. The lowest BCUT2D eigenvalue weighted by molar-refractivity contribution is 0.267. The second kappa shape index (κ2) is 5.38. The average Bonchev–Trinajstić information content (AvgIpc) is 3.17. The number of rotatable bonds is 4. The number of nitrogens with one attached hydrogen (secondary N) is 1. The van der Waals surface area contributed by atoms with Crippen molar-refractivity contribution in [2.24, 2.45) is 7.05 Å². The van der Waals surface area contributed by atoms with Gasteiger partial charge in [0.2, 0.25) is 5.88 Å². The number of hydrogen-bond donors (Lipinski definition) is 1. The molecular formula is C13H18N8O2. The van der Waals surface area contributed by atoms with E-state index >= 15 is 0 Å². The molecule has 3 aromatic rings. The summed E-state index contributed by atoms with van der Waals surface area (Å²) in [7, 11) is 1.52. The molecule has 122 valence electrons. The first-order chi connectivity index (χ1) is 11.3. The van der Waals surface area contributed by atoms with Crippen LogP contribution in [0.15, 0.2) is 23.4 Å². The first-order valence-corrected chi connectivity index (χ1v) is 7.01. The number of imidazole rings is 1. The standard InChI is InChI=1S/C13H18N8O2/c1-13(2,3)20-8-14-11(21-12(22)19(4)17-18-21)9(20)7-23-10-5-6-15-16-10/h5-6,8H,7H2,1-4H3,(H,15,16)/i/hT. The van der Waals surface area contributed by atoms with Crippen molar-refractivity contribution < 1.29 is 6.15 Å². The minimum Gasteiger partial charge on any atom is -0.470 e. The summed E-state index contributed by atoms with van der Waals surface area (Å²) in [5.74, 6) is 0.664. The molecular weight excluding hydrogens is 300 g/mol. The summed E-state index contributed by atoms with van der Waals surface area (Å²) in [6, 6.07) is 1.58. The van der Waals surface area contributed by atoms with E-state index in [1.807, 2.05) is 25.3 Å². The van der Waals surface area contributed by atoms with E-state index in [2.05, 4.69) is 20.5 Å². The molecule has 0 unspecified atom stereocenters. The van der Waals surface area contributed by atoms with Gasteiger partial charge in [-0.15, -0.1) is 9.78 Å². The monoisotopic (exact) mass is 320 g/mol. The Balaban J connectivity index is 2.02. The summed E-state index contributed by atoms with van der Waals surface area (Å²) in [5.41, 5.74) is -0.0136. The topological polar surface area (TPSA) is 108 Å². The van der Waals surface area contributed by atoms with E-state index in [9.17, 15) is 4.79 Å². The van der Waals surface area contributed by atoms with Gasteiger partial charge in [-0.05, 0) is 31.2 Å². The van der Waals surface area contributed by atoms with Crippen molar-refractivity contribution in [1.29, 1.82) is 0 Å². The van der Waals surface area contributed by atoms with Crippen LogP contribution >= 0.6 is 0 Å². The Morgan fingerprint density at radius 2 is 2.17 bits per heavy atom. The average molecular weight is 320 g/mol. The summed E-state index contributed by atoms with van der Waals surface area (Å²) >= 11 is 0. The molecule has 0 saturated heterocycles. The molecule has 0 atom stereocenters. The number of aromatic nitrogens is 8. The van der Waals surface area contributed by atoms with Crippen LogP contribution in [0.2, 0.25) is 1.41 Å². The molecule has 0 aliphatic heterocycles. The van der Waals surface area contributed by atoms with Crippen LogP contribution in [0, 0.1) is 0 Å². The number of H-pyrrole nitrogens is 1. The minimum atomic E-state index is -0.397. The molecule has 0 saturated carbocycles. The summed E-state index contributed by atoms with van der Waals surface area (Å²) in [6.07, 6.45) is 3.10. The van der Waals surface area contributed by atoms with Crippen LogP contribution in [0.1, 0.15) is 26.5 Å². The summed E-state index contributed by atoms with van der Waals surface area (Å²) in [4.78, 5) is 16.4. The molecule has 3 heterocycles. The largest absolute Gasteiger partial charge is 0.470 e. The van der Waals surface area contributed by atoms with Gasteiger partial charge in [0.15, 0.2) is 7.23 Å². The van der Waals surface area contributed by atoms with E-state index in [-0.39, 0.29) is 12.1 Å². The van der Waals surface area contributed by atoms with E-state index in [1.54, 1.807) is 12.4 Å². The third-order valence-corrected chi connectivity index (χ3v) is 3.29. The van der Waals surface area contributed by atoms with Gasteiger partial charge in [-0.25, -0.2) is 9.78 Å². The zero-order valence-corrected chi connectivity index (χ0v) is 13.3. The molecule has 0 aliphatic carbocycles. The zero-order chi connectivity index (χ0) is 17.5. The molecule has 0 spiro atoms. The number of nitrogens with zero attached hydrogens (tertiary/aromatic N) is 7. The summed E-state index contributed by atoms with van der Waals surface area (Å²) < 4.78 is 17.2. The molecule has 10 heteroatoms. The van der Waals surface area contributed by atoms with Crippen LogP contribution in [-0.2, 0) is 19.2 Å². The molecule has 0 aromatic carbocycles.